The van der Waals surface area contributed by atoms with Crippen LogP contribution in [0.25, 0.3) is 0 Å². The van der Waals surface area contributed by atoms with Crippen LogP contribution in [0.2, 0.25) is 0 Å². The summed E-state index contributed by atoms with van der Waals surface area (Å²) >= 11 is 0. The number of carbonyl (C=O) groups excluding carboxylic acids is 1. The third-order valence-electron chi connectivity index (χ3n) is 4.01. The lowest BCUT2D eigenvalue weighted by molar-refractivity contribution is -0.120. The third-order valence-corrected chi connectivity index (χ3v) is 5.27. The van der Waals surface area contributed by atoms with E-state index in [0.717, 1.165) is 11.1 Å². The van der Waals surface area contributed by atoms with Gasteiger partial charge >= 0.3 is 10.1 Å². The van der Waals surface area contributed by atoms with Gasteiger partial charge in [0.05, 0.1) is 12.6 Å². The molecule has 0 aliphatic rings. The summed E-state index contributed by atoms with van der Waals surface area (Å²) in [6.45, 7) is 1.88. The fourth-order valence-electron chi connectivity index (χ4n) is 2.49. The van der Waals surface area contributed by atoms with E-state index in [9.17, 15) is 13.2 Å². The van der Waals surface area contributed by atoms with Crippen LogP contribution >= 0.6 is 0 Å². The summed E-state index contributed by atoms with van der Waals surface area (Å²) in [5, 5.41) is 3.91. The summed E-state index contributed by atoms with van der Waals surface area (Å²) in [5.41, 5.74) is 5.01. The third kappa shape index (κ3) is 6.02. The van der Waals surface area contributed by atoms with Crippen LogP contribution in [-0.2, 0) is 21.3 Å². The van der Waals surface area contributed by atoms with Gasteiger partial charge in [0.25, 0.3) is 0 Å². The molecule has 0 heterocycles. The second-order valence-electron chi connectivity index (χ2n) is 6.38. The van der Waals surface area contributed by atoms with E-state index >= 15 is 0 Å². The van der Waals surface area contributed by atoms with Crippen LogP contribution in [0.15, 0.2) is 88.9 Å². The van der Waals surface area contributed by atoms with Crippen molar-refractivity contribution < 1.29 is 17.4 Å². The minimum atomic E-state index is -3.89. The maximum atomic E-state index is 12.3. The normalized spacial score (nSPS) is 11.3. The molecule has 0 saturated carbocycles. The first-order chi connectivity index (χ1) is 13.9. The zero-order valence-corrected chi connectivity index (χ0v) is 16.6. The topological polar surface area (TPSA) is 84.8 Å². The lowest BCUT2D eigenvalue weighted by Crippen LogP contribution is -2.19. The number of benzene rings is 3. The standard InChI is InChI=1S/C22H20N2O4S/c1-17-7-13-21(14-8-17)29(26,27)28-20-11-9-19(10-12-20)16-23-24-22(25)15-18-5-3-2-4-6-18/h2-14,16H,15H2,1H3,(H,24,25)/b23-16+. The number of hydrazone groups is 1. The molecule has 0 atom stereocenters. The maximum absolute atomic E-state index is 12.3. The van der Waals surface area contributed by atoms with Crippen LogP contribution in [0, 0.1) is 6.92 Å². The molecule has 0 aliphatic carbocycles. The molecule has 148 valence electrons. The molecule has 6 nitrogen and oxygen atoms in total. The smallest absolute Gasteiger partial charge is 0.339 e. The summed E-state index contributed by atoms with van der Waals surface area (Å²) < 4.78 is 29.7. The van der Waals surface area contributed by atoms with Crippen LogP contribution in [0.1, 0.15) is 16.7 Å². The maximum Gasteiger partial charge on any atom is 0.339 e. The van der Waals surface area contributed by atoms with E-state index in [1.807, 2.05) is 37.3 Å². The Hall–Kier alpha value is -3.45. The van der Waals surface area contributed by atoms with E-state index in [4.69, 9.17) is 4.18 Å². The molecule has 0 unspecified atom stereocenters. The van der Waals surface area contributed by atoms with Gasteiger partial charge < -0.3 is 4.18 Å². The quantitative estimate of drug-likeness (QED) is 0.369. The molecule has 29 heavy (non-hydrogen) atoms. The van der Waals surface area contributed by atoms with Crippen LogP contribution < -0.4 is 9.61 Å². The fourth-order valence-corrected chi connectivity index (χ4v) is 3.42. The van der Waals surface area contributed by atoms with Crippen molar-refractivity contribution in [3.63, 3.8) is 0 Å². The van der Waals surface area contributed by atoms with Crippen LogP contribution in [0.4, 0.5) is 0 Å². The molecule has 3 aromatic rings. The van der Waals surface area contributed by atoms with Crippen LogP contribution in [-0.4, -0.2) is 20.5 Å². The highest BCUT2D eigenvalue weighted by Crippen LogP contribution is 2.19. The SMILES string of the molecule is Cc1ccc(S(=O)(=O)Oc2ccc(/C=N/NC(=O)Cc3ccccc3)cc2)cc1. The van der Waals surface area contributed by atoms with Crippen LogP contribution in [0.5, 0.6) is 5.75 Å². The van der Waals surface area contributed by atoms with Crippen molar-refractivity contribution in [1.82, 2.24) is 5.43 Å². The van der Waals surface area contributed by atoms with Gasteiger partial charge in [-0.3, -0.25) is 4.79 Å². The zero-order valence-electron chi connectivity index (χ0n) is 15.8. The predicted octanol–water partition coefficient (Wildman–Crippen LogP) is 3.46. The Bertz CT molecular complexity index is 1090. The van der Waals surface area contributed by atoms with Gasteiger partial charge in [-0.25, -0.2) is 5.43 Å². The Balaban J connectivity index is 1.56. The van der Waals surface area contributed by atoms with E-state index in [-0.39, 0.29) is 23.0 Å². The Morgan fingerprint density at radius 2 is 1.62 bits per heavy atom. The first-order valence-corrected chi connectivity index (χ1v) is 10.3. The number of rotatable bonds is 7. The highest BCUT2D eigenvalue weighted by molar-refractivity contribution is 7.87. The largest absolute Gasteiger partial charge is 0.379 e. The molecule has 1 amide bonds. The number of nitrogens with one attached hydrogen (secondary N) is 1. The second-order valence-corrected chi connectivity index (χ2v) is 7.92. The molecule has 3 aromatic carbocycles. The molecule has 0 fully saturated rings. The molecule has 0 aliphatic heterocycles. The molecule has 3 rings (SSSR count). The first-order valence-electron chi connectivity index (χ1n) is 8.89. The van der Waals surface area contributed by atoms with Gasteiger partial charge in [0.1, 0.15) is 10.6 Å². The average Bonchev–Trinajstić information content (AvgIpc) is 2.70. The van der Waals surface area contributed by atoms with Crippen LogP contribution in [0.3, 0.4) is 0 Å². The monoisotopic (exact) mass is 408 g/mol. The number of hydrogen-bond donors (Lipinski definition) is 1. The van der Waals surface area contributed by atoms with E-state index in [1.54, 1.807) is 24.3 Å². The lowest BCUT2D eigenvalue weighted by Gasteiger charge is -2.07. The number of hydrogen-bond acceptors (Lipinski definition) is 5. The Kier molecular flexibility index (Phi) is 6.41. The van der Waals surface area contributed by atoms with E-state index in [2.05, 4.69) is 10.5 Å². The lowest BCUT2D eigenvalue weighted by atomic mass is 10.1. The number of carbonyl (C=O) groups is 1. The van der Waals surface area contributed by atoms with Gasteiger partial charge in [0, 0.05) is 0 Å². The van der Waals surface area contributed by atoms with E-state index in [0.29, 0.717) is 5.56 Å². The molecule has 0 aromatic heterocycles. The van der Waals surface area contributed by atoms with Crippen molar-refractivity contribution >= 4 is 22.2 Å². The minimum Gasteiger partial charge on any atom is -0.379 e. The molecule has 0 spiro atoms. The Morgan fingerprint density at radius 1 is 0.966 bits per heavy atom. The van der Waals surface area contributed by atoms with Crippen molar-refractivity contribution in [2.75, 3.05) is 0 Å². The van der Waals surface area contributed by atoms with Crippen molar-refractivity contribution in [3.8, 4) is 5.75 Å². The number of aryl methyl sites for hydroxylation is 1. The summed E-state index contributed by atoms with van der Waals surface area (Å²) in [6, 6.07) is 22.1. The molecule has 0 bridgehead atoms. The molecule has 7 heteroatoms. The summed E-state index contributed by atoms with van der Waals surface area (Å²) in [5.74, 6) is -0.0348. The minimum absolute atomic E-state index is 0.0925. The Labute approximate surface area is 170 Å². The average molecular weight is 408 g/mol. The van der Waals surface area contributed by atoms with Crippen molar-refractivity contribution in [3.05, 3.63) is 95.6 Å². The van der Waals surface area contributed by atoms with Gasteiger partial charge in [-0.15, -0.1) is 0 Å². The predicted molar refractivity (Wildman–Crippen MR) is 111 cm³/mol. The van der Waals surface area contributed by atoms with Gasteiger partial charge in [0.15, 0.2) is 0 Å². The zero-order chi connectivity index (χ0) is 20.7. The van der Waals surface area contributed by atoms with Gasteiger partial charge in [0.2, 0.25) is 5.91 Å². The summed E-state index contributed by atoms with van der Waals surface area (Å²) in [7, 11) is -3.89. The summed E-state index contributed by atoms with van der Waals surface area (Å²) in [6.07, 6.45) is 1.71. The van der Waals surface area contributed by atoms with Crippen molar-refractivity contribution in [1.29, 1.82) is 0 Å². The fraction of sp³-hybridized carbons (Fsp3) is 0.0909. The molecular weight excluding hydrogens is 388 g/mol. The second kappa shape index (κ2) is 9.16. The van der Waals surface area contributed by atoms with Gasteiger partial charge in [-0.05, 0) is 54.4 Å². The van der Waals surface area contributed by atoms with E-state index < -0.39 is 10.1 Å². The molecular formula is C22H20N2O4S. The molecule has 0 saturated heterocycles. The van der Waals surface area contributed by atoms with Gasteiger partial charge in [-0.2, -0.15) is 13.5 Å². The highest BCUT2D eigenvalue weighted by Gasteiger charge is 2.16. The number of nitrogens with zero attached hydrogens (tertiary/aromatic N) is 1. The number of amides is 1. The summed E-state index contributed by atoms with van der Waals surface area (Å²) in [4.78, 5) is 12.0. The highest BCUT2D eigenvalue weighted by atomic mass is 32.2. The van der Waals surface area contributed by atoms with Crippen molar-refractivity contribution in [2.45, 2.75) is 18.2 Å². The molecule has 0 radical (unpaired) electrons. The van der Waals surface area contributed by atoms with Gasteiger partial charge in [-0.1, -0.05) is 48.0 Å². The first kappa shape index (κ1) is 20.3. The molecule has 1 N–H and O–H groups in total. The van der Waals surface area contributed by atoms with E-state index in [1.165, 1.54) is 30.5 Å². The van der Waals surface area contributed by atoms with Crippen molar-refractivity contribution in [2.24, 2.45) is 5.10 Å². The Morgan fingerprint density at radius 3 is 2.28 bits per heavy atom.